The van der Waals surface area contributed by atoms with Gasteiger partial charge in [-0.15, -0.1) is 4.91 Å². The molecule has 0 radical (unpaired) electrons. The third kappa shape index (κ3) is 7.72. The molecule has 0 amide bonds. The molecule has 0 rings (SSSR count). The summed E-state index contributed by atoms with van der Waals surface area (Å²) in [5, 5.41) is 3.75. The van der Waals surface area contributed by atoms with Crippen LogP contribution in [-0.4, -0.2) is 43.8 Å². The number of ether oxygens (including phenoxy) is 2. The van der Waals surface area contributed by atoms with E-state index in [0.717, 1.165) is 5.01 Å². The van der Waals surface area contributed by atoms with Crippen LogP contribution in [0, 0.1) is 4.91 Å². The summed E-state index contributed by atoms with van der Waals surface area (Å²) in [6, 6.07) is 0. The summed E-state index contributed by atoms with van der Waals surface area (Å²) >= 11 is 0. The lowest BCUT2D eigenvalue weighted by Gasteiger charge is -2.13. The number of carbonyl (C=O) groups excluding carboxylic acids is 2. The second-order valence-corrected chi connectivity index (χ2v) is 3.09. The fourth-order valence-corrected chi connectivity index (χ4v) is 0.975. The first-order valence-corrected chi connectivity index (χ1v) is 4.88. The largest absolute Gasteiger partial charge is 0.468 e. The highest BCUT2D eigenvalue weighted by Gasteiger charge is 2.09. The molecule has 0 N–H and O–H groups in total. The van der Waals surface area contributed by atoms with Crippen molar-refractivity contribution in [1.82, 2.24) is 5.01 Å². The number of carbonyl (C=O) groups is 2. The van der Waals surface area contributed by atoms with Gasteiger partial charge >= 0.3 is 11.9 Å². The van der Waals surface area contributed by atoms with Gasteiger partial charge in [0.25, 0.3) is 0 Å². The second-order valence-electron chi connectivity index (χ2n) is 3.09. The van der Waals surface area contributed by atoms with Gasteiger partial charge in [-0.2, -0.15) is 0 Å². The average molecular weight is 232 g/mol. The standard InChI is InChI=1S/C9H16N2O5/c1-8(12)16-6-4-3-5-11(10-14)7-9(13)15-2/h3-7H2,1-2H3. The average Bonchev–Trinajstić information content (AvgIpc) is 2.26. The zero-order valence-corrected chi connectivity index (χ0v) is 9.47. The lowest BCUT2D eigenvalue weighted by atomic mass is 10.3. The van der Waals surface area contributed by atoms with E-state index in [9.17, 15) is 14.5 Å². The Hall–Kier alpha value is -1.66. The van der Waals surface area contributed by atoms with Gasteiger partial charge in [-0.05, 0) is 12.8 Å². The Bertz CT molecular complexity index is 244. The normalized spacial score (nSPS) is 9.38. The van der Waals surface area contributed by atoms with Crippen LogP contribution in [0.4, 0.5) is 0 Å². The van der Waals surface area contributed by atoms with Crippen LogP contribution in [0.3, 0.4) is 0 Å². The smallest absolute Gasteiger partial charge is 0.327 e. The van der Waals surface area contributed by atoms with Gasteiger partial charge in [0.2, 0.25) is 0 Å². The minimum Gasteiger partial charge on any atom is -0.468 e. The molecule has 16 heavy (non-hydrogen) atoms. The van der Waals surface area contributed by atoms with E-state index in [-0.39, 0.29) is 12.5 Å². The molecular weight excluding hydrogens is 216 g/mol. The van der Waals surface area contributed by atoms with E-state index in [1.54, 1.807) is 0 Å². The first kappa shape index (κ1) is 14.3. The minimum absolute atomic E-state index is 0.159. The predicted molar refractivity (Wildman–Crippen MR) is 55.3 cm³/mol. The molecule has 7 heteroatoms. The molecule has 0 unspecified atom stereocenters. The summed E-state index contributed by atoms with van der Waals surface area (Å²) in [5.74, 6) is -0.848. The molecule has 0 saturated carbocycles. The maximum absolute atomic E-state index is 10.8. The maximum atomic E-state index is 10.8. The SMILES string of the molecule is COC(=O)CN(CCCCOC(C)=O)N=O. The summed E-state index contributed by atoms with van der Waals surface area (Å²) < 4.78 is 9.09. The quantitative estimate of drug-likeness (QED) is 0.262. The monoisotopic (exact) mass is 232 g/mol. The molecule has 0 aliphatic heterocycles. The molecule has 0 aromatic rings. The van der Waals surface area contributed by atoms with E-state index in [1.165, 1.54) is 14.0 Å². The van der Waals surface area contributed by atoms with E-state index in [0.29, 0.717) is 26.0 Å². The van der Waals surface area contributed by atoms with Gasteiger partial charge in [-0.1, -0.05) is 0 Å². The number of hydrogen-bond acceptors (Lipinski definition) is 6. The molecule has 0 fully saturated rings. The Morgan fingerprint density at radius 2 is 2.00 bits per heavy atom. The summed E-state index contributed by atoms with van der Waals surface area (Å²) in [5.41, 5.74) is 0. The molecule has 92 valence electrons. The van der Waals surface area contributed by atoms with E-state index < -0.39 is 5.97 Å². The van der Waals surface area contributed by atoms with Crippen LogP contribution in [0.1, 0.15) is 19.8 Å². The highest BCUT2D eigenvalue weighted by Crippen LogP contribution is 1.97. The van der Waals surface area contributed by atoms with Crippen molar-refractivity contribution in [2.75, 3.05) is 26.8 Å². The van der Waals surface area contributed by atoms with Crippen molar-refractivity contribution in [2.45, 2.75) is 19.8 Å². The van der Waals surface area contributed by atoms with Crippen molar-refractivity contribution in [1.29, 1.82) is 0 Å². The van der Waals surface area contributed by atoms with Crippen LogP contribution in [0.15, 0.2) is 5.29 Å². The lowest BCUT2D eigenvalue weighted by molar-refractivity contribution is -0.142. The van der Waals surface area contributed by atoms with Gasteiger partial charge < -0.3 is 9.47 Å². The summed E-state index contributed by atoms with van der Waals surface area (Å²) in [6.45, 7) is 1.81. The molecule has 0 aliphatic carbocycles. The first-order chi connectivity index (χ1) is 7.60. The molecule has 7 nitrogen and oxygen atoms in total. The third-order valence-electron chi connectivity index (χ3n) is 1.77. The van der Waals surface area contributed by atoms with Crippen molar-refractivity contribution in [3.8, 4) is 0 Å². The number of unbranched alkanes of at least 4 members (excludes halogenated alkanes) is 1. The Labute approximate surface area is 93.6 Å². The second kappa shape index (κ2) is 8.63. The first-order valence-electron chi connectivity index (χ1n) is 4.88. The fraction of sp³-hybridized carbons (Fsp3) is 0.778. The molecule has 0 atom stereocenters. The number of rotatable bonds is 8. The van der Waals surface area contributed by atoms with E-state index in [2.05, 4.69) is 10.0 Å². The number of hydrogen-bond donors (Lipinski definition) is 0. The maximum Gasteiger partial charge on any atom is 0.327 e. The van der Waals surface area contributed by atoms with Crippen LogP contribution in [-0.2, 0) is 19.1 Å². The number of esters is 2. The van der Waals surface area contributed by atoms with E-state index in [4.69, 9.17) is 4.74 Å². The highest BCUT2D eigenvalue weighted by molar-refractivity contribution is 5.71. The van der Waals surface area contributed by atoms with Crippen molar-refractivity contribution < 1.29 is 19.1 Å². The Kier molecular flexibility index (Phi) is 7.74. The van der Waals surface area contributed by atoms with Crippen molar-refractivity contribution >= 4 is 11.9 Å². The Morgan fingerprint density at radius 1 is 1.31 bits per heavy atom. The van der Waals surface area contributed by atoms with Crippen LogP contribution in [0.5, 0.6) is 0 Å². The lowest BCUT2D eigenvalue weighted by Crippen LogP contribution is -2.26. The van der Waals surface area contributed by atoms with Crippen LogP contribution < -0.4 is 0 Å². The summed E-state index contributed by atoms with van der Waals surface area (Å²) in [7, 11) is 1.24. The molecular formula is C9H16N2O5. The molecule has 0 spiro atoms. The third-order valence-corrected chi connectivity index (χ3v) is 1.77. The Morgan fingerprint density at radius 3 is 2.50 bits per heavy atom. The van der Waals surface area contributed by atoms with Gasteiger partial charge in [0, 0.05) is 13.5 Å². The van der Waals surface area contributed by atoms with E-state index >= 15 is 0 Å². The minimum atomic E-state index is -0.514. The molecule has 0 heterocycles. The van der Waals surface area contributed by atoms with Gasteiger partial charge in [0.1, 0.15) is 6.54 Å². The van der Waals surface area contributed by atoms with Crippen LogP contribution in [0.2, 0.25) is 0 Å². The summed E-state index contributed by atoms with van der Waals surface area (Å²) in [4.78, 5) is 31.6. The molecule has 0 aromatic carbocycles. The number of nitroso groups, excluding NO2 is 1. The number of nitrogens with zero attached hydrogens (tertiary/aromatic N) is 2. The Balaban J connectivity index is 3.59. The van der Waals surface area contributed by atoms with Gasteiger partial charge in [-0.25, -0.2) is 5.01 Å². The zero-order chi connectivity index (χ0) is 12.4. The van der Waals surface area contributed by atoms with Crippen molar-refractivity contribution in [3.05, 3.63) is 4.91 Å². The zero-order valence-electron chi connectivity index (χ0n) is 9.47. The van der Waals surface area contributed by atoms with Crippen LogP contribution in [0.25, 0.3) is 0 Å². The summed E-state index contributed by atoms with van der Waals surface area (Å²) in [6.07, 6.45) is 1.22. The molecule has 0 bridgehead atoms. The molecule has 0 aromatic heterocycles. The van der Waals surface area contributed by atoms with Gasteiger partial charge in [-0.3, -0.25) is 9.59 Å². The topological polar surface area (TPSA) is 85.3 Å². The predicted octanol–water partition coefficient (Wildman–Crippen LogP) is 0.486. The molecule has 0 aliphatic rings. The van der Waals surface area contributed by atoms with Crippen molar-refractivity contribution in [3.63, 3.8) is 0 Å². The van der Waals surface area contributed by atoms with Gasteiger partial charge in [0.05, 0.1) is 19.0 Å². The van der Waals surface area contributed by atoms with Crippen molar-refractivity contribution in [2.24, 2.45) is 5.29 Å². The van der Waals surface area contributed by atoms with Crippen LogP contribution >= 0.6 is 0 Å². The highest BCUT2D eigenvalue weighted by atomic mass is 16.5. The van der Waals surface area contributed by atoms with E-state index in [1.807, 2.05) is 0 Å². The number of methoxy groups -OCH3 is 1. The molecule has 0 saturated heterocycles. The van der Waals surface area contributed by atoms with Gasteiger partial charge in [0.15, 0.2) is 0 Å². The fourth-order valence-electron chi connectivity index (χ4n) is 0.975.